The van der Waals surface area contributed by atoms with E-state index in [1.807, 2.05) is 13.0 Å². The van der Waals surface area contributed by atoms with Crippen LogP contribution < -0.4 is 14.3 Å². The lowest BCUT2D eigenvalue weighted by Gasteiger charge is -2.23. The molecular formula is C19H16F2N2O3S. The third-order valence-corrected chi connectivity index (χ3v) is 5.16. The summed E-state index contributed by atoms with van der Waals surface area (Å²) in [6.07, 6.45) is -0.178. The van der Waals surface area contributed by atoms with E-state index in [2.05, 4.69) is 4.99 Å². The van der Waals surface area contributed by atoms with Crippen LogP contribution in [-0.4, -0.2) is 23.2 Å². The minimum Gasteiger partial charge on any atom is -0.485 e. The maximum Gasteiger partial charge on any atom is 0.292 e. The van der Waals surface area contributed by atoms with Crippen molar-refractivity contribution in [1.29, 1.82) is 0 Å². The van der Waals surface area contributed by atoms with Gasteiger partial charge in [0.15, 0.2) is 22.1 Å². The molecule has 0 bridgehead atoms. The average Bonchev–Trinajstić information content (AvgIpc) is 2.98. The molecule has 0 aliphatic carbocycles. The van der Waals surface area contributed by atoms with Crippen LogP contribution in [0.2, 0.25) is 0 Å². The Balaban J connectivity index is 1.73. The van der Waals surface area contributed by atoms with E-state index >= 15 is 0 Å². The van der Waals surface area contributed by atoms with Gasteiger partial charge in [0.1, 0.15) is 12.4 Å². The molecule has 2 heterocycles. The highest BCUT2D eigenvalue weighted by atomic mass is 32.1. The molecule has 8 heteroatoms. The molecule has 5 nitrogen and oxygen atoms in total. The molecule has 1 aliphatic heterocycles. The van der Waals surface area contributed by atoms with E-state index in [0.717, 1.165) is 17.4 Å². The Kier molecular flexibility index (Phi) is 4.65. The zero-order valence-electron chi connectivity index (χ0n) is 14.4. The molecule has 1 atom stereocenters. The molecule has 4 rings (SSSR count). The normalized spacial score (nSPS) is 16.7. The molecule has 140 valence electrons. The molecule has 0 N–H and O–H groups in total. The first kappa shape index (κ1) is 17.7. The molecule has 27 heavy (non-hydrogen) atoms. The summed E-state index contributed by atoms with van der Waals surface area (Å²) in [5.41, 5.74) is 0.251. The minimum absolute atomic E-state index is 0.0427. The summed E-state index contributed by atoms with van der Waals surface area (Å²) >= 11 is 1.07. The number of aryl methyl sites for hydroxylation is 1. The van der Waals surface area contributed by atoms with Gasteiger partial charge in [0.25, 0.3) is 5.91 Å². The summed E-state index contributed by atoms with van der Waals surface area (Å²) in [6.45, 7) is 2.43. The fraction of sp³-hybridized carbons (Fsp3) is 0.263. The van der Waals surface area contributed by atoms with E-state index in [1.54, 1.807) is 22.8 Å². The van der Waals surface area contributed by atoms with Gasteiger partial charge in [0, 0.05) is 12.6 Å². The lowest BCUT2D eigenvalue weighted by Crippen LogP contribution is -2.36. The van der Waals surface area contributed by atoms with Crippen molar-refractivity contribution < 1.29 is 23.0 Å². The van der Waals surface area contributed by atoms with E-state index in [4.69, 9.17) is 9.47 Å². The van der Waals surface area contributed by atoms with Crippen LogP contribution >= 0.6 is 11.3 Å². The monoisotopic (exact) mass is 390 g/mol. The van der Waals surface area contributed by atoms with Crippen LogP contribution in [-0.2, 0) is 11.3 Å². The summed E-state index contributed by atoms with van der Waals surface area (Å²) in [6, 6.07) is 9.14. The number of hydrogen-bond donors (Lipinski definition) is 0. The molecule has 0 spiro atoms. The second kappa shape index (κ2) is 7.11. The second-order valence-corrected chi connectivity index (χ2v) is 7.09. The predicted molar refractivity (Wildman–Crippen MR) is 96.9 cm³/mol. The number of ether oxygens (including phenoxy) is 2. The average molecular weight is 390 g/mol. The number of rotatable bonds is 3. The first-order chi connectivity index (χ1) is 13.1. The molecule has 1 aliphatic rings. The molecule has 2 aromatic carbocycles. The van der Waals surface area contributed by atoms with Crippen molar-refractivity contribution in [3.8, 4) is 11.5 Å². The smallest absolute Gasteiger partial charge is 0.292 e. The highest BCUT2D eigenvalue weighted by molar-refractivity contribution is 7.16. The standard InChI is InChI=1S/C19H16F2N2O3S/c1-2-7-23-17-12(21)8-11(20)9-16(17)27-19(23)22-18(24)15-10-25-13-5-3-4-6-14(13)26-15/h3-6,8-9,15H,2,7,10H2,1H3. The molecular weight excluding hydrogens is 374 g/mol. The van der Waals surface area contributed by atoms with Gasteiger partial charge in [-0.1, -0.05) is 30.4 Å². The highest BCUT2D eigenvalue weighted by Crippen LogP contribution is 2.31. The first-order valence-corrected chi connectivity index (χ1v) is 9.34. The van der Waals surface area contributed by atoms with Crippen molar-refractivity contribution in [3.63, 3.8) is 0 Å². The number of carbonyl (C=O) groups excluding carboxylic acids is 1. The van der Waals surface area contributed by atoms with Gasteiger partial charge in [-0.3, -0.25) is 4.79 Å². The van der Waals surface area contributed by atoms with Crippen LogP contribution in [0.5, 0.6) is 11.5 Å². The van der Waals surface area contributed by atoms with Crippen molar-refractivity contribution in [2.45, 2.75) is 26.0 Å². The van der Waals surface area contributed by atoms with Crippen LogP contribution in [0.4, 0.5) is 8.78 Å². The Morgan fingerprint density at radius 2 is 2.07 bits per heavy atom. The summed E-state index contributed by atoms with van der Waals surface area (Å²) in [5.74, 6) is -0.815. The third-order valence-electron chi connectivity index (χ3n) is 4.13. The van der Waals surface area contributed by atoms with Gasteiger partial charge in [-0.2, -0.15) is 4.99 Å². The summed E-state index contributed by atoms with van der Waals surface area (Å²) < 4.78 is 41.0. The van der Waals surface area contributed by atoms with Gasteiger partial charge >= 0.3 is 0 Å². The maximum absolute atomic E-state index is 14.3. The van der Waals surface area contributed by atoms with Crippen LogP contribution in [0.15, 0.2) is 41.4 Å². The molecule has 3 aromatic rings. The number of benzene rings is 2. The molecule has 1 unspecified atom stereocenters. The van der Waals surface area contributed by atoms with Crippen molar-refractivity contribution in [1.82, 2.24) is 4.57 Å². The van der Waals surface area contributed by atoms with E-state index in [9.17, 15) is 13.6 Å². The van der Waals surface area contributed by atoms with Gasteiger partial charge in [-0.15, -0.1) is 0 Å². The quantitative estimate of drug-likeness (QED) is 0.686. The zero-order valence-corrected chi connectivity index (χ0v) is 15.3. The van der Waals surface area contributed by atoms with Crippen LogP contribution in [0, 0.1) is 11.6 Å². The van der Waals surface area contributed by atoms with E-state index in [0.29, 0.717) is 34.0 Å². The fourth-order valence-electron chi connectivity index (χ4n) is 2.95. The van der Waals surface area contributed by atoms with Crippen LogP contribution in [0.25, 0.3) is 10.2 Å². The fourth-order valence-corrected chi connectivity index (χ4v) is 4.05. The van der Waals surface area contributed by atoms with Crippen LogP contribution in [0.1, 0.15) is 13.3 Å². The minimum atomic E-state index is -0.887. The molecule has 0 radical (unpaired) electrons. The summed E-state index contributed by atoms with van der Waals surface area (Å²) in [5, 5.41) is 0. The van der Waals surface area contributed by atoms with E-state index in [1.165, 1.54) is 6.07 Å². The molecule has 0 saturated heterocycles. The Morgan fingerprint density at radius 1 is 1.30 bits per heavy atom. The predicted octanol–water partition coefficient (Wildman–Crippen LogP) is 3.66. The molecule has 0 saturated carbocycles. The van der Waals surface area contributed by atoms with Gasteiger partial charge in [-0.05, 0) is 24.6 Å². The summed E-state index contributed by atoms with van der Waals surface area (Å²) in [4.78, 5) is 17.1. The largest absolute Gasteiger partial charge is 0.485 e. The number of carbonyl (C=O) groups is 1. The second-order valence-electron chi connectivity index (χ2n) is 6.08. The van der Waals surface area contributed by atoms with E-state index in [-0.39, 0.29) is 12.1 Å². The van der Waals surface area contributed by atoms with Crippen LogP contribution in [0.3, 0.4) is 0 Å². The number of aromatic nitrogens is 1. The Bertz CT molecular complexity index is 1090. The molecule has 1 amide bonds. The Labute approximate surface area is 157 Å². The van der Waals surface area contributed by atoms with Crippen molar-refractivity contribution >= 4 is 27.5 Å². The molecule has 0 fully saturated rings. The van der Waals surface area contributed by atoms with Gasteiger partial charge in [0.2, 0.25) is 6.10 Å². The topological polar surface area (TPSA) is 52.8 Å². The summed E-state index contributed by atoms with van der Waals surface area (Å²) in [7, 11) is 0. The number of fused-ring (bicyclic) bond motifs is 2. The zero-order chi connectivity index (χ0) is 19.0. The number of para-hydroxylation sites is 2. The Morgan fingerprint density at radius 3 is 2.85 bits per heavy atom. The lowest BCUT2D eigenvalue weighted by molar-refractivity contribution is -0.127. The number of halogens is 2. The van der Waals surface area contributed by atoms with E-state index < -0.39 is 23.6 Å². The highest BCUT2D eigenvalue weighted by Gasteiger charge is 2.27. The number of hydrogen-bond acceptors (Lipinski definition) is 4. The SMILES string of the molecule is CCCn1c(=NC(=O)C2COc3ccccc3O2)sc2cc(F)cc(F)c21. The van der Waals surface area contributed by atoms with Crippen molar-refractivity contribution in [2.24, 2.45) is 4.99 Å². The maximum atomic E-state index is 14.3. The van der Waals surface area contributed by atoms with Gasteiger partial charge in [0.05, 0.1) is 10.2 Å². The van der Waals surface area contributed by atoms with Gasteiger partial charge < -0.3 is 14.0 Å². The van der Waals surface area contributed by atoms with Crippen molar-refractivity contribution in [3.05, 3.63) is 52.8 Å². The molecule has 1 aromatic heterocycles. The first-order valence-electron chi connectivity index (χ1n) is 8.52. The number of nitrogens with zero attached hydrogens (tertiary/aromatic N) is 2. The van der Waals surface area contributed by atoms with Crippen molar-refractivity contribution in [2.75, 3.05) is 6.61 Å². The third kappa shape index (κ3) is 3.32. The lowest BCUT2D eigenvalue weighted by atomic mass is 10.2. The number of thiazole rings is 1. The number of amides is 1. The van der Waals surface area contributed by atoms with Gasteiger partial charge in [-0.25, -0.2) is 8.78 Å². The Hall–Kier alpha value is -2.74.